The van der Waals surface area contributed by atoms with E-state index in [2.05, 4.69) is 10.4 Å². The summed E-state index contributed by atoms with van der Waals surface area (Å²) in [5, 5.41) is 8.55. The summed E-state index contributed by atoms with van der Waals surface area (Å²) in [6.45, 7) is 4.38. The van der Waals surface area contributed by atoms with Gasteiger partial charge in [-0.15, -0.1) is 11.3 Å². The first-order valence-electron chi connectivity index (χ1n) is 7.44. The Balaban J connectivity index is 1.95. The Morgan fingerprint density at radius 2 is 2.13 bits per heavy atom. The van der Waals surface area contributed by atoms with Crippen molar-refractivity contribution < 1.29 is 9.53 Å². The first-order valence-corrected chi connectivity index (χ1v) is 8.26. The van der Waals surface area contributed by atoms with Gasteiger partial charge in [0.1, 0.15) is 4.83 Å². The lowest BCUT2D eigenvalue weighted by Gasteiger charge is -2.11. The molecular weight excluding hydrogens is 310 g/mol. The molecule has 0 saturated heterocycles. The summed E-state index contributed by atoms with van der Waals surface area (Å²) in [5.74, 6) is -0.0743. The van der Waals surface area contributed by atoms with Crippen molar-refractivity contribution in [3.63, 3.8) is 0 Å². The number of para-hydroxylation sites is 1. The number of aromatic nitrogens is 2. The predicted molar refractivity (Wildman–Crippen MR) is 92.5 cm³/mol. The number of methoxy groups -OCH3 is 1. The van der Waals surface area contributed by atoms with Crippen LogP contribution in [0.1, 0.15) is 22.3 Å². The van der Waals surface area contributed by atoms with E-state index >= 15 is 0 Å². The third-order valence-electron chi connectivity index (χ3n) is 3.56. The van der Waals surface area contributed by atoms with Crippen LogP contribution in [-0.2, 0) is 4.74 Å². The number of rotatable bonds is 5. The van der Waals surface area contributed by atoms with Gasteiger partial charge >= 0.3 is 0 Å². The highest BCUT2D eigenvalue weighted by Crippen LogP contribution is 2.30. The number of hydrogen-bond donors (Lipinski definition) is 1. The molecule has 1 aromatic carbocycles. The molecule has 120 valence electrons. The van der Waals surface area contributed by atoms with Crippen LogP contribution in [0.25, 0.3) is 15.9 Å². The average molecular weight is 329 g/mol. The Morgan fingerprint density at radius 3 is 2.83 bits per heavy atom. The van der Waals surface area contributed by atoms with E-state index in [-0.39, 0.29) is 11.9 Å². The molecule has 1 N–H and O–H groups in total. The zero-order valence-electron chi connectivity index (χ0n) is 13.4. The molecule has 2 aromatic heterocycles. The van der Waals surface area contributed by atoms with Crippen LogP contribution in [0, 0.1) is 6.92 Å². The van der Waals surface area contributed by atoms with Gasteiger partial charge in [0.25, 0.3) is 5.91 Å². The molecular formula is C17H19N3O2S. The molecule has 0 fully saturated rings. The van der Waals surface area contributed by atoms with Crippen molar-refractivity contribution in [3.05, 3.63) is 47.0 Å². The molecule has 3 aromatic rings. The van der Waals surface area contributed by atoms with Gasteiger partial charge in [0.15, 0.2) is 0 Å². The summed E-state index contributed by atoms with van der Waals surface area (Å²) in [6.07, 6.45) is 0. The second-order valence-electron chi connectivity index (χ2n) is 5.49. The standard InChI is InChI=1S/C17H19N3O2S/c1-11(10-22-3)18-16(21)15-9-14-12(2)19-20(17(14)23-15)13-7-5-4-6-8-13/h4-9,11H,10H2,1-3H3,(H,18,21)/t11-/m0/s1. The van der Waals surface area contributed by atoms with E-state index in [0.717, 1.165) is 21.6 Å². The maximum Gasteiger partial charge on any atom is 0.261 e. The van der Waals surface area contributed by atoms with Gasteiger partial charge in [-0.25, -0.2) is 4.68 Å². The van der Waals surface area contributed by atoms with Crippen LogP contribution >= 0.6 is 11.3 Å². The van der Waals surface area contributed by atoms with Crippen LogP contribution in [0.15, 0.2) is 36.4 Å². The van der Waals surface area contributed by atoms with Gasteiger partial charge in [-0.05, 0) is 32.0 Å². The molecule has 23 heavy (non-hydrogen) atoms. The third-order valence-corrected chi connectivity index (χ3v) is 4.67. The number of carbonyl (C=O) groups is 1. The van der Waals surface area contributed by atoms with Crippen molar-refractivity contribution in [1.29, 1.82) is 0 Å². The molecule has 5 nitrogen and oxygen atoms in total. The van der Waals surface area contributed by atoms with Crippen molar-refractivity contribution in [2.45, 2.75) is 19.9 Å². The van der Waals surface area contributed by atoms with E-state index in [4.69, 9.17) is 4.74 Å². The maximum atomic E-state index is 12.4. The highest BCUT2D eigenvalue weighted by molar-refractivity contribution is 7.20. The maximum absolute atomic E-state index is 12.4. The molecule has 2 heterocycles. The second kappa shape index (κ2) is 6.52. The Hall–Kier alpha value is -2.18. The fourth-order valence-corrected chi connectivity index (χ4v) is 3.58. The highest BCUT2D eigenvalue weighted by Gasteiger charge is 2.18. The minimum atomic E-state index is -0.0743. The fraction of sp³-hybridized carbons (Fsp3) is 0.294. The lowest BCUT2D eigenvalue weighted by Crippen LogP contribution is -2.35. The molecule has 0 aliphatic carbocycles. The van der Waals surface area contributed by atoms with E-state index in [1.54, 1.807) is 7.11 Å². The number of nitrogens with one attached hydrogen (secondary N) is 1. The first-order chi connectivity index (χ1) is 11.1. The van der Waals surface area contributed by atoms with Crippen molar-refractivity contribution >= 4 is 27.5 Å². The lowest BCUT2D eigenvalue weighted by atomic mass is 10.3. The number of nitrogens with zero attached hydrogens (tertiary/aromatic N) is 2. The van der Waals surface area contributed by atoms with Crippen molar-refractivity contribution in [3.8, 4) is 5.69 Å². The van der Waals surface area contributed by atoms with Crippen LogP contribution in [0.3, 0.4) is 0 Å². The fourth-order valence-electron chi connectivity index (χ4n) is 2.49. The summed E-state index contributed by atoms with van der Waals surface area (Å²) >= 11 is 1.46. The summed E-state index contributed by atoms with van der Waals surface area (Å²) in [5.41, 5.74) is 1.91. The van der Waals surface area contributed by atoms with Crippen LogP contribution in [0.2, 0.25) is 0 Å². The van der Waals surface area contributed by atoms with Gasteiger partial charge in [0.05, 0.1) is 22.9 Å². The molecule has 0 bridgehead atoms. The Labute approximate surface area is 138 Å². The van der Waals surface area contributed by atoms with E-state index in [1.165, 1.54) is 11.3 Å². The highest BCUT2D eigenvalue weighted by atomic mass is 32.1. The first kappa shape index (κ1) is 15.7. The molecule has 0 saturated carbocycles. The SMILES string of the molecule is COC[C@H](C)NC(=O)c1cc2c(C)nn(-c3ccccc3)c2s1. The molecule has 0 unspecified atom stereocenters. The number of aryl methyl sites for hydroxylation is 1. The summed E-state index contributed by atoms with van der Waals surface area (Å²) < 4.78 is 6.95. The minimum absolute atomic E-state index is 0.0237. The molecule has 1 amide bonds. The summed E-state index contributed by atoms with van der Waals surface area (Å²) in [7, 11) is 1.62. The molecule has 0 spiro atoms. The van der Waals surface area contributed by atoms with E-state index < -0.39 is 0 Å². The molecule has 6 heteroatoms. The second-order valence-corrected chi connectivity index (χ2v) is 6.52. The van der Waals surface area contributed by atoms with Gasteiger partial charge in [-0.2, -0.15) is 5.10 Å². The van der Waals surface area contributed by atoms with Gasteiger partial charge in [-0.3, -0.25) is 4.79 Å². The van der Waals surface area contributed by atoms with Gasteiger partial charge in [-0.1, -0.05) is 18.2 Å². The van der Waals surface area contributed by atoms with Crippen molar-refractivity contribution in [2.24, 2.45) is 0 Å². The number of hydrogen-bond acceptors (Lipinski definition) is 4. The zero-order valence-corrected chi connectivity index (χ0v) is 14.2. The smallest absolute Gasteiger partial charge is 0.261 e. The van der Waals surface area contributed by atoms with E-state index in [9.17, 15) is 4.79 Å². The van der Waals surface area contributed by atoms with E-state index in [1.807, 2.05) is 54.9 Å². The summed E-state index contributed by atoms with van der Waals surface area (Å²) in [6, 6.07) is 11.8. The van der Waals surface area contributed by atoms with Gasteiger partial charge in [0, 0.05) is 18.5 Å². The Kier molecular flexibility index (Phi) is 4.45. The van der Waals surface area contributed by atoms with Crippen molar-refractivity contribution in [1.82, 2.24) is 15.1 Å². The van der Waals surface area contributed by atoms with Crippen LogP contribution in [-0.4, -0.2) is 35.4 Å². The van der Waals surface area contributed by atoms with Crippen LogP contribution in [0.5, 0.6) is 0 Å². The monoisotopic (exact) mass is 329 g/mol. The average Bonchev–Trinajstić information content (AvgIpc) is 3.09. The number of fused-ring (bicyclic) bond motifs is 1. The largest absolute Gasteiger partial charge is 0.383 e. The van der Waals surface area contributed by atoms with Crippen LogP contribution in [0.4, 0.5) is 0 Å². The Morgan fingerprint density at radius 1 is 1.39 bits per heavy atom. The van der Waals surface area contributed by atoms with Gasteiger partial charge < -0.3 is 10.1 Å². The molecule has 3 rings (SSSR count). The molecule has 0 aliphatic rings. The number of benzene rings is 1. The number of amides is 1. The van der Waals surface area contributed by atoms with Crippen molar-refractivity contribution in [2.75, 3.05) is 13.7 Å². The van der Waals surface area contributed by atoms with Crippen LogP contribution < -0.4 is 5.32 Å². The minimum Gasteiger partial charge on any atom is -0.383 e. The van der Waals surface area contributed by atoms with Gasteiger partial charge in [0.2, 0.25) is 0 Å². The lowest BCUT2D eigenvalue weighted by molar-refractivity contribution is 0.0909. The number of carbonyl (C=O) groups excluding carboxylic acids is 1. The normalized spacial score (nSPS) is 12.5. The van der Waals surface area contributed by atoms with E-state index in [0.29, 0.717) is 11.5 Å². The quantitative estimate of drug-likeness (QED) is 0.782. The summed E-state index contributed by atoms with van der Waals surface area (Å²) in [4.78, 5) is 14.0. The molecule has 1 atom stereocenters. The Bertz CT molecular complexity index is 823. The third kappa shape index (κ3) is 3.13. The molecule has 0 radical (unpaired) electrons. The zero-order chi connectivity index (χ0) is 16.4. The predicted octanol–water partition coefficient (Wildman–Crippen LogP) is 3.16. The molecule has 0 aliphatic heterocycles. The number of thiophene rings is 1. The number of ether oxygens (including phenoxy) is 1. The topological polar surface area (TPSA) is 56.1 Å².